The van der Waals surface area contributed by atoms with Crippen molar-refractivity contribution in [3.63, 3.8) is 0 Å². The van der Waals surface area contributed by atoms with E-state index in [0.29, 0.717) is 12.3 Å². The Morgan fingerprint density at radius 1 is 1.07 bits per heavy atom. The highest BCUT2D eigenvalue weighted by Crippen LogP contribution is 2.18. The Kier molecular flexibility index (Phi) is 7.48. The zero-order valence-electron chi connectivity index (χ0n) is 18.5. The van der Waals surface area contributed by atoms with E-state index in [2.05, 4.69) is 72.5 Å². The summed E-state index contributed by atoms with van der Waals surface area (Å²) in [5, 5.41) is 4.69. The molecular formula is C24H36N4O. The summed E-state index contributed by atoms with van der Waals surface area (Å²) in [6.45, 7) is 14.2. The van der Waals surface area contributed by atoms with Crippen LogP contribution in [0.3, 0.4) is 0 Å². The maximum Gasteiger partial charge on any atom is 0.222 e. The van der Waals surface area contributed by atoms with Gasteiger partial charge in [0.1, 0.15) is 0 Å². The van der Waals surface area contributed by atoms with E-state index in [1.165, 1.54) is 16.8 Å². The van der Waals surface area contributed by atoms with Crippen LogP contribution < -0.4 is 0 Å². The Bertz CT molecular complexity index is 797. The lowest BCUT2D eigenvalue weighted by Gasteiger charge is -2.22. The van der Waals surface area contributed by atoms with Gasteiger partial charge in [0.2, 0.25) is 5.91 Å². The maximum atomic E-state index is 12.9. The lowest BCUT2D eigenvalue weighted by molar-refractivity contribution is -0.131. The quantitative estimate of drug-likeness (QED) is 0.714. The molecule has 1 fully saturated rings. The van der Waals surface area contributed by atoms with Gasteiger partial charge in [-0.3, -0.25) is 14.4 Å². The standard InChI is InChI=1S/C24H36N4O/c1-19(2)17-28-21(4)23(20(3)25-28)11-12-24(29)27-14-8-13-26(15-16-27)18-22-9-6-5-7-10-22/h5-7,9-10,19H,8,11-18H2,1-4H3. The largest absolute Gasteiger partial charge is 0.341 e. The number of aryl methyl sites for hydroxylation is 1. The van der Waals surface area contributed by atoms with Crippen LogP contribution in [0.5, 0.6) is 0 Å². The van der Waals surface area contributed by atoms with Crippen LogP contribution in [-0.2, 0) is 24.3 Å². The molecule has 1 saturated heterocycles. The molecule has 0 saturated carbocycles. The summed E-state index contributed by atoms with van der Waals surface area (Å²) in [6, 6.07) is 10.6. The van der Waals surface area contributed by atoms with Crippen LogP contribution in [0, 0.1) is 19.8 Å². The first-order valence-corrected chi connectivity index (χ1v) is 11.0. The SMILES string of the molecule is Cc1nn(CC(C)C)c(C)c1CCC(=O)N1CCCN(Cc2ccccc2)CC1. The van der Waals surface area contributed by atoms with Crippen molar-refractivity contribution in [1.29, 1.82) is 0 Å². The predicted octanol–water partition coefficient (Wildman–Crippen LogP) is 3.82. The highest BCUT2D eigenvalue weighted by Gasteiger charge is 2.20. The zero-order valence-corrected chi connectivity index (χ0v) is 18.5. The monoisotopic (exact) mass is 396 g/mol. The highest BCUT2D eigenvalue weighted by atomic mass is 16.2. The Hall–Kier alpha value is -2.14. The third kappa shape index (κ3) is 5.92. The van der Waals surface area contributed by atoms with E-state index in [1.54, 1.807) is 0 Å². The molecule has 0 N–H and O–H groups in total. The molecule has 1 aromatic heterocycles. The van der Waals surface area contributed by atoms with Gasteiger partial charge in [-0.15, -0.1) is 0 Å². The van der Waals surface area contributed by atoms with Crippen molar-refractivity contribution in [2.45, 2.75) is 60.0 Å². The van der Waals surface area contributed by atoms with E-state index in [1.807, 2.05) is 0 Å². The van der Waals surface area contributed by atoms with E-state index in [9.17, 15) is 4.79 Å². The summed E-state index contributed by atoms with van der Waals surface area (Å²) < 4.78 is 2.10. The zero-order chi connectivity index (χ0) is 20.8. The van der Waals surface area contributed by atoms with E-state index in [0.717, 1.165) is 57.8 Å². The smallest absolute Gasteiger partial charge is 0.222 e. The summed E-state index contributed by atoms with van der Waals surface area (Å²) in [5.41, 5.74) is 4.88. The number of nitrogens with zero attached hydrogens (tertiary/aromatic N) is 4. The number of carbonyl (C=O) groups is 1. The second kappa shape index (κ2) is 10.1. The predicted molar refractivity (Wildman–Crippen MR) is 118 cm³/mol. The summed E-state index contributed by atoms with van der Waals surface area (Å²) in [5.74, 6) is 0.848. The molecule has 29 heavy (non-hydrogen) atoms. The molecule has 0 bridgehead atoms. The number of amides is 1. The van der Waals surface area contributed by atoms with Crippen LogP contribution in [0.2, 0.25) is 0 Å². The fourth-order valence-corrected chi connectivity index (χ4v) is 4.23. The minimum absolute atomic E-state index is 0.280. The molecule has 5 nitrogen and oxygen atoms in total. The van der Waals surface area contributed by atoms with Gasteiger partial charge in [0.15, 0.2) is 0 Å². The Balaban J connectivity index is 1.52. The Morgan fingerprint density at radius 3 is 2.55 bits per heavy atom. The molecule has 5 heteroatoms. The molecular weight excluding hydrogens is 360 g/mol. The molecule has 1 aliphatic rings. The van der Waals surface area contributed by atoms with E-state index in [-0.39, 0.29) is 5.91 Å². The van der Waals surface area contributed by atoms with Crippen LogP contribution in [0.1, 0.15) is 49.2 Å². The van der Waals surface area contributed by atoms with Crippen molar-refractivity contribution in [1.82, 2.24) is 19.6 Å². The fourth-order valence-electron chi connectivity index (χ4n) is 4.23. The van der Waals surface area contributed by atoms with Crippen molar-refractivity contribution < 1.29 is 4.79 Å². The minimum atomic E-state index is 0.280. The third-order valence-corrected chi connectivity index (χ3v) is 5.85. The van der Waals surface area contributed by atoms with E-state index < -0.39 is 0 Å². The molecule has 0 aliphatic carbocycles. The Morgan fingerprint density at radius 2 is 1.83 bits per heavy atom. The number of aromatic nitrogens is 2. The number of hydrogen-bond acceptors (Lipinski definition) is 3. The van der Waals surface area contributed by atoms with Crippen LogP contribution in [-0.4, -0.2) is 51.7 Å². The van der Waals surface area contributed by atoms with Gasteiger partial charge in [-0.25, -0.2) is 0 Å². The second-order valence-corrected chi connectivity index (χ2v) is 8.72. The first-order chi connectivity index (χ1) is 13.9. The highest BCUT2D eigenvalue weighted by molar-refractivity contribution is 5.76. The number of benzene rings is 1. The number of rotatable bonds is 7. The molecule has 3 rings (SSSR count). The van der Waals surface area contributed by atoms with Crippen LogP contribution in [0.25, 0.3) is 0 Å². The van der Waals surface area contributed by atoms with Gasteiger partial charge in [0.05, 0.1) is 5.69 Å². The molecule has 0 unspecified atom stereocenters. The molecule has 0 atom stereocenters. The van der Waals surface area contributed by atoms with Crippen LogP contribution in [0.4, 0.5) is 0 Å². The summed E-state index contributed by atoms with van der Waals surface area (Å²) in [7, 11) is 0. The van der Waals surface area contributed by atoms with Crippen molar-refractivity contribution in [2.24, 2.45) is 5.92 Å². The van der Waals surface area contributed by atoms with Crippen molar-refractivity contribution in [2.75, 3.05) is 26.2 Å². The van der Waals surface area contributed by atoms with Gasteiger partial charge in [-0.1, -0.05) is 44.2 Å². The van der Waals surface area contributed by atoms with Gasteiger partial charge in [0.25, 0.3) is 0 Å². The molecule has 1 aromatic carbocycles. The summed E-state index contributed by atoms with van der Waals surface area (Å²) in [6.07, 6.45) is 2.41. The molecule has 0 radical (unpaired) electrons. The molecule has 1 amide bonds. The van der Waals surface area contributed by atoms with Crippen LogP contribution in [0.15, 0.2) is 30.3 Å². The molecule has 2 heterocycles. The molecule has 0 spiro atoms. The Labute approximate surface area is 175 Å². The van der Waals surface area contributed by atoms with Gasteiger partial charge >= 0.3 is 0 Å². The topological polar surface area (TPSA) is 41.4 Å². The average molecular weight is 397 g/mol. The number of carbonyl (C=O) groups excluding carboxylic acids is 1. The van der Waals surface area contributed by atoms with E-state index in [4.69, 9.17) is 5.10 Å². The van der Waals surface area contributed by atoms with Crippen molar-refractivity contribution >= 4 is 5.91 Å². The second-order valence-electron chi connectivity index (χ2n) is 8.72. The number of hydrogen-bond donors (Lipinski definition) is 0. The lowest BCUT2D eigenvalue weighted by Crippen LogP contribution is -2.35. The summed E-state index contributed by atoms with van der Waals surface area (Å²) in [4.78, 5) is 17.4. The van der Waals surface area contributed by atoms with E-state index >= 15 is 0 Å². The first-order valence-electron chi connectivity index (χ1n) is 11.0. The van der Waals surface area contributed by atoms with Gasteiger partial charge in [-0.05, 0) is 43.7 Å². The van der Waals surface area contributed by atoms with Gasteiger partial charge in [-0.2, -0.15) is 5.10 Å². The van der Waals surface area contributed by atoms with Crippen molar-refractivity contribution in [3.05, 3.63) is 52.8 Å². The van der Waals surface area contributed by atoms with Crippen LogP contribution >= 0.6 is 0 Å². The normalized spacial score (nSPS) is 15.7. The van der Waals surface area contributed by atoms with Crippen molar-refractivity contribution in [3.8, 4) is 0 Å². The third-order valence-electron chi connectivity index (χ3n) is 5.85. The first kappa shape index (κ1) is 21.6. The van der Waals surface area contributed by atoms with Gasteiger partial charge < -0.3 is 4.90 Å². The summed E-state index contributed by atoms with van der Waals surface area (Å²) >= 11 is 0. The minimum Gasteiger partial charge on any atom is -0.341 e. The molecule has 2 aromatic rings. The fraction of sp³-hybridized carbons (Fsp3) is 0.583. The maximum absolute atomic E-state index is 12.9. The average Bonchev–Trinajstić information content (AvgIpc) is 2.85. The van der Waals surface area contributed by atoms with Gasteiger partial charge in [0, 0.05) is 51.4 Å². The lowest BCUT2D eigenvalue weighted by atomic mass is 10.1. The molecule has 158 valence electrons. The molecule has 1 aliphatic heterocycles.